The van der Waals surface area contributed by atoms with Gasteiger partial charge in [-0.05, 0) is 43.8 Å². The lowest BCUT2D eigenvalue weighted by Crippen LogP contribution is -2.27. The molecular weight excluding hydrogens is 250 g/mol. The first kappa shape index (κ1) is 12.1. The monoisotopic (exact) mass is 269 g/mol. The van der Waals surface area contributed by atoms with Crippen molar-refractivity contribution in [2.24, 2.45) is 0 Å². The van der Waals surface area contributed by atoms with Crippen molar-refractivity contribution in [2.75, 3.05) is 13.1 Å². The van der Waals surface area contributed by atoms with Crippen molar-refractivity contribution >= 4 is 0 Å². The zero-order valence-corrected chi connectivity index (χ0v) is 11.5. The molecule has 2 heterocycles. The Kier molecular flexibility index (Phi) is 3.03. The number of aromatic nitrogens is 2. The van der Waals surface area contributed by atoms with Crippen molar-refractivity contribution in [3.63, 3.8) is 0 Å². The first-order chi connectivity index (χ1) is 9.92. The molecule has 4 heteroatoms. The predicted molar refractivity (Wildman–Crippen MR) is 75.7 cm³/mol. The van der Waals surface area contributed by atoms with Gasteiger partial charge in [-0.2, -0.15) is 4.98 Å². The average molecular weight is 269 g/mol. The van der Waals surface area contributed by atoms with E-state index in [1.54, 1.807) is 0 Å². The van der Waals surface area contributed by atoms with Crippen molar-refractivity contribution in [2.45, 2.75) is 37.0 Å². The Balaban J connectivity index is 1.47. The summed E-state index contributed by atoms with van der Waals surface area (Å²) in [5.41, 5.74) is 1.39. The van der Waals surface area contributed by atoms with E-state index in [0.717, 1.165) is 44.1 Å². The van der Waals surface area contributed by atoms with E-state index < -0.39 is 0 Å². The predicted octanol–water partition coefficient (Wildman–Crippen LogP) is 2.81. The van der Waals surface area contributed by atoms with E-state index >= 15 is 0 Å². The molecule has 0 spiro atoms. The molecule has 1 N–H and O–H groups in total. The maximum Gasteiger partial charge on any atom is 0.230 e. The second-order valence-corrected chi connectivity index (χ2v) is 5.87. The largest absolute Gasteiger partial charge is 0.339 e. The van der Waals surface area contributed by atoms with Crippen molar-refractivity contribution in [1.29, 1.82) is 0 Å². The smallest absolute Gasteiger partial charge is 0.230 e. The number of hydrogen-bond acceptors (Lipinski definition) is 4. The summed E-state index contributed by atoms with van der Waals surface area (Å²) >= 11 is 0. The summed E-state index contributed by atoms with van der Waals surface area (Å²) in [5.74, 6) is 3.23. The lowest BCUT2D eigenvalue weighted by Gasteiger charge is -2.18. The number of benzene rings is 1. The van der Waals surface area contributed by atoms with Crippen LogP contribution < -0.4 is 5.32 Å². The van der Waals surface area contributed by atoms with Crippen LogP contribution in [-0.4, -0.2) is 23.2 Å². The van der Waals surface area contributed by atoms with E-state index in [9.17, 15) is 0 Å². The fourth-order valence-electron chi connectivity index (χ4n) is 3.18. The van der Waals surface area contributed by atoms with E-state index in [-0.39, 0.29) is 0 Å². The Morgan fingerprint density at radius 1 is 1.05 bits per heavy atom. The standard InChI is InChI=1S/C16H19N3O/c1-2-4-11(5-3-1)13-10-14(13)16-18-15(19-20-16)12-6-8-17-9-7-12/h1-5,12-14,17H,6-10H2. The summed E-state index contributed by atoms with van der Waals surface area (Å²) in [6.07, 6.45) is 3.37. The second kappa shape index (κ2) is 5.02. The molecule has 4 nitrogen and oxygen atoms in total. The van der Waals surface area contributed by atoms with E-state index in [1.165, 1.54) is 5.56 Å². The number of piperidine rings is 1. The molecule has 20 heavy (non-hydrogen) atoms. The van der Waals surface area contributed by atoms with Crippen LogP contribution in [0.25, 0.3) is 0 Å². The normalized spacial score (nSPS) is 26.6. The second-order valence-electron chi connectivity index (χ2n) is 5.87. The summed E-state index contributed by atoms with van der Waals surface area (Å²) in [4.78, 5) is 4.67. The molecule has 2 unspecified atom stereocenters. The summed E-state index contributed by atoms with van der Waals surface area (Å²) < 4.78 is 5.51. The lowest BCUT2D eigenvalue weighted by atomic mass is 9.98. The summed E-state index contributed by atoms with van der Waals surface area (Å²) in [5, 5.41) is 7.58. The molecular formula is C16H19N3O. The summed E-state index contributed by atoms with van der Waals surface area (Å²) in [6.45, 7) is 2.12. The molecule has 1 aromatic carbocycles. The van der Waals surface area contributed by atoms with Crippen molar-refractivity contribution < 1.29 is 4.52 Å². The number of nitrogens with one attached hydrogen (secondary N) is 1. The van der Waals surface area contributed by atoms with Crippen molar-refractivity contribution in [3.05, 3.63) is 47.6 Å². The zero-order chi connectivity index (χ0) is 13.4. The van der Waals surface area contributed by atoms with Crippen LogP contribution in [0.15, 0.2) is 34.9 Å². The number of hydrogen-bond donors (Lipinski definition) is 1. The molecule has 0 radical (unpaired) electrons. The Morgan fingerprint density at radius 2 is 1.85 bits per heavy atom. The highest BCUT2D eigenvalue weighted by Crippen LogP contribution is 2.54. The van der Waals surface area contributed by atoms with E-state index in [2.05, 4.69) is 45.8 Å². The van der Waals surface area contributed by atoms with Gasteiger partial charge in [-0.15, -0.1) is 0 Å². The molecule has 0 amide bonds. The minimum Gasteiger partial charge on any atom is -0.339 e. The van der Waals surface area contributed by atoms with Gasteiger partial charge in [0, 0.05) is 11.8 Å². The molecule has 1 aromatic heterocycles. The molecule has 2 fully saturated rings. The van der Waals surface area contributed by atoms with Gasteiger partial charge >= 0.3 is 0 Å². The molecule has 1 aliphatic carbocycles. The first-order valence-electron chi connectivity index (χ1n) is 7.51. The molecule has 1 saturated carbocycles. The van der Waals surface area contributed by atoms with Crippen LogP contribution in [0, 0.1) is 0 Å². The van der Waals surface area contributed by atoms with Gasteiger partial charge < -0.3 is 9.84 Å². The van der Waals surface area contributed by atoms with Gasteiger partial charge in [0.15, 0.2) is 5.82 Å². The third kappa shape index (κ3) is 2.24. The molecule has 1 saturated heterocycles. The zero-order valence-electron chi connectivity index (χ0n) is 11.5. The third-order valence-corrected chi connectivity index (χ3v) is 4.50. The molecule has 2 aliphatic rings. The highest BCUT2D eigenvalue weighted by atomic mass is 16.5. The van der Waals surface area contributed by atoms with Gasteiger partial charge in [-0.3, -0.25) is 0 Å². The molecule has 2 aromatic rings. The Hall–Kier alpha value is -1.68. The van der Waals surface area contributed by atoms with Crippen LogP contribution in [0.2, 0.25) is 0 Å². The van der Waals surface area contributed by atoms with Crippen LogP contribution >= 0.6 is 0 Å². The fraction of sp³-hybridized carbons (Fsp3) is 0.500. The number of rotatable bonds is 3. The number of nitrogens with zero attached hydrogens (tertiary/aromatic N) is 2. The molecule has 1 aliphatic heterocycles. The molecule has 4 rings (SSSR count). The molecule has 0 bridgehead atoms. The van der Waals surface area contributed by atoms with E-state index in [1.807, 2.05) is 0 Å². The van der Waals surface area contributed by atoms with Crippen LogP contribution in [-0.2, 0) is 0 Å². The lowest BCUT2D eigenvalue weighted by molar-refractivity contribution is 0.360. The molecule has 2 atom stereocenters. The Morgan fingerprint density at radius 3 is 2.65 bits per heavy atom. The SMILES string of the molecule is c1ccc(C2CC2c2nc(C3CCNCC3)no2)cc1. The van der Waals surface area contributed by atoms with Gasteiger partial charge in [0.1, 0.15) is 0 Å². The quantitative estimate of drug-likeness (QED) is 0.931. The maximum absolute atomic E-state index is 5.51. The van der Waals surface area contributed by atoms with Gasteiger partial charge in [0.05, 0.1) is 0 Å². The van der Waals surface area contributed by atoms with Gasteiger partial charge in [-0.25, -0.2) is 0 Å². The van der Waals surface area contributed by atoms with Gasteiger partial charge in [0.25, 0.3) is 0 Å². The fourth-order valence-corrected chi connectivity index (χ4v) is 3.18. The topological polar surface area (TPSA) is 51.0 Å². The van der Waals surface area contributed by atoms with Crippen molar-refractivity contribution in [3.8, 4) is 0 Å². The average Bonchev–Trinajstić information content (AvgIpc) is 3.18. The minimum atomic E-state index is 0.431. The van der Waals surface area contributed by atoms with Gasteiger partial charge in [-0.1, -0.05) is 35.5 Å². The van der Waals surface area contributed by atoms with Crippen LogP contribution in [0.4, 0.5) is 0 Å². The Labute approximate surface area is 118 Å². The highest BCUT2D eigenvalue weighted by molar-refractivity contribution is 5.30. The minimum absolute atomic E-state index is 0.431. The third-order valence-electron chi connectivity index (χ3n) is 4.50. The summed E-state index contributed by atoms with van der Waals surface area (Å²) in [7, 11) is 0. The van der Waals surface area contributed by atoms with Crippen molar-refractivity contribution in [1.82, 2.24) is 15.5 Å². The van der Waals surface area contributed by atoms with Crippen LogP contribution in [0.1, 0.15) is 54.3 Å². The summed E-state index contributed by atoms with van der Waals surface area (Å²) in [6, 6.07) is 10.6. The van der Waals surface area contributed by atoms with Gasteiger partial charge in [0.2, 0.25) is 5.89 Å². The Bertz CT molecular complexity index is 574. The van der Waals surface area contributed by atoms with Crippen LogP contribution in [0.5, 0.6) is 0 Å². The van der Waals surface area contributed by atoms with E-state index in [4.69, 9.17) is 4.52 Å². The first-order valence-corrected chi connectivity index (χ1v) is 7.51. The van der Waals surface area contributed by atoms with E-state index in [0.29, 0.717) is 17.8 Å². The van der Waals surface area contributed by atoms with Crippen LogP contribution in [0.3, 0.4) is 0 Å². The maximum atomic E-state index is 5.51. The molecule has 104 valence electrons. The highest BCUT2D eigenvalue weighted by Gasteiger charge is 2.43.